The van der Waals surface area contributed by atoms with Crippen LogP contribution in [-0.4, -0.2) is 28.1 Å². The molecule has 2 heterocycles. The average Bonchev–Trinajstić information content (AvgIpc) is 2.36. The van der Waals surface area contributed by atoms with Crippen molar-refractivity contribution in [3.63, 3.8) is 0 Å². The van der Waals surface area contributed by atoms with Gasteiger partial charge in [-0.15, -0.1) is 0 Å². The number of primary amides is 1. The van der Waals surface area contributed by atoms with E-state index in [2.05, 4.69) is 9.97 Å². The van der Waals surface area contributed by atoms with Crippen molar-refractivity contribution < 1.29 is 14.6 Å². The molecule has 1 unspecified atom stereocenters. The zero-order chi connectivity index (χ0) is 13.1. The summed E-state index contributed by atoms with van der Waals surface area (Å²) in [5.74, 6) is -0.154. The third kappa shape index (κ3) is 2.38. The molecule has 2 rings (SSSR count). The number of fused-ring (bicyclic) bond motifs is 1. The summed E-state index contributed by atoms with van der Waals surface area (Å²) >= 11 is 0. The molecule has 0 saturated heterocycles. The van der Waals surface area contributed by atoms with Crippen molar-refractivity contribution in [2.75, 3.05) is 7.11 Å². The van der Waals surface area contributed by atoms with E-state index in [0.29, 0.717) is 22.5 Å². The van der Waals surface area contributed by atoms with E-state index in [9.17, 15) is 9.90 Å². The van der Waals surface area contributed by atoms with E-state index in [1.165, 1.54) is 7.11 Å². The molecule has 94 valence electrons. The van der Waals surface area contributed by atoms with Crippen LogP contribution in [0.2, 0.25) is 0 Å². The Labute approximate surface area is 103 Å². The van der Waals surface area contributed by atoms with Crippen molar-refractivity contribution in [2.45, 2.75) is 12.5 Å². The van der Waals surface area contributed by atoms with Gasteiger partial charge in [0.05, 0.1) is 30.7 Å². The molecular formula is C12H13N3O3. The molecule has 3 N–H and O–H groups in total. The number of hydrogen-bond donors (Lipinski definition) is 2. The molecular weight excluding hydrogens is 234 g/mol. The lowest BCUT2D eigenvalue weighted by atomic mass is 10.1. The van der Waals surface area contributed by atoms with Crippen LogP contribution in [0.4, 0.5) is 0 Å². The molecule has 0 bridgehead atoms. The second-order valence-corrected chi connectivity index (χ2v) is 3.81. The molecule has 1 amide bonds. The summed E-state index contributed by atoms with van der Waals surface area (Å²) < 4.78 is 5.03. The van der Waals surface area contributed by atoms with E-state index in [1.54, 1.807) is 24.4 Å². The summed E-state index contributed by atoms with van der Waals surface area (Å²) in [6, 6.07) is 5.03. The summed E-state index contributed by atoms with van der Waals surface area (Å²) in [4.78, 5) is 19.2. The maximum absolute atomic E-state index is 10.8. The predicted octanol–water partition coefficient (Wildman–Crippen LogP) is 0.547. The highest BCUT2D eigenvalue weighted by atomic mass is 16.5. The zero-order valence-corrected chi connectivity index (χ0v) is 9.83. The second kappa shape index (κ2) is 4.97. The SMILES string of the molecule is COc1ccc2nccc(C(O)CC(N)=O)c2n1. The maximum Gasteiger partial charge on any atom is 0.220 e. The van der Waals surface area contributed by atoms with Gasteiger partial charge in [-0.25, -0.2) is 4.98 Å². The minimum absolute atomic E-state index is 0.155. The molecule has 0 radical (unpaired) electrons. The number of aliphatic hydroxyl groups excluding tert-OH is 1. The van der Waals surface area contributed by atoms with Crippen molar-refractivity contribution in [1.29, 1.82) is 0 Å². The van der Waals surface area contributed by atoms with Crippen LogP contribution in [0.15, 0.2) is 24.4 Å². The lowest BCUT2D eigenvalue weighted by Crippen LogP contribution is -2.15. The predicted molar refractivity (Wildman–Crippen MR) is 64.9 cm³/mol. The Morgan fingerprint density at radius 3 is 2.94 bits per heavy atom. The highest BCUT2D eigenvalue weighted by Crippen LogP contribution is 2.25. The Balaban J connectivity index is 2.52. The van der Waals surface area contributed by atoms with Crippen molar-refractivity contribution in [2.24, 2.45) is 5.73 Å². The van der Waals surface area contributed by atoms with Crippen LogP contribution in [0.5, 0.6) is 5.88 Å². The summed E-state index contributed by atoms with van der Waals surface area (Å²) in [6.45, 7) is 0. The Hall–Kier alpha value is -2.21. The highest BCUT2D eigenvalue weighted by Gasteiger charge is 2.15. The first kappa shape index (κ1) is 12.3. The van der Waals surface area contributed by atoms with E-state index in [1.807, 2.05) is 0 Å². The van der Waals surface area contributed by atoms with Gasteiger partial charge in [-0.1, -0.05) is 0 Å². The summed E-state index contributed by atoms with van der Waals surface area (Å²) in [5, 5.41) is 9.94. The number of methoxy groups -OCH3 is 1. The van der Waals surface area contributed by atoms with Crippen molar-refractivity contribution in [3.8, 4) is 5.88 Å². The largest absolute Gasteiger partial charge is 0.481 e. The molecule has 2 aromatic rings. The van der Waals surface area contributed by atoms with Gasteiger partial charge in [0.15, 0.2) is 0 Å². The number of aliphatic hydroxyl groups is 1. The van der Waals surface area contributed by atoms with E-state index < -0.39 is 12.0 Å². The molecule has 6 nitrogen and oxygen atoms in total. The van der Waals surface area contributed by atoms with E-state index >= 15 is 0 Å². The monoisotopic (exact) mass is 247 g/mol. The first-order chi connectivity index (χ1) is 8.61. The van der Waals surface area contributed by atoms with Gasteiger partial charge in [0, 0.05) is 17.8 Å². The number of ether oxygens (including phenoxy) is 1. The number of aromatic nitrogens is 2. The number of nitrogens with zero attached hydrogens (tertiary/aromatic N) is 2. The lowest BCUT2D eigenvalue weighted by Gasteiger charge is -2.11. The Bertz CT molecular complexity index is 586. The fourth-order valence-corrected chi connectivity index (χ4v) is 1.71. The maximum atomic E-state index is 10.8. The van der Waals surface area contributed by atoms with Gasteiger partial charge in [-0.2, -0.15) is 0 Å². The molecule has 0 aliphatic carbocycles. The van der Waals surface area contributed by atoms with Gasteiger partial charge in [-0.05, 0) is 12.1 Å². The van der Waals surface area contributed by atoms with Gasteiger partial charge >= 0.3 is 0 Å². The van der Waals surface area contributed by atoms with Crippen LogP contribution in [0.3, 0.4) is 0 Å². The van der Waals surface area contributed by atoms with Gasteiger partial charge in [-0.3, -0.25) is 9.78 Å². The molecule has 6 heteroatoms. The smallest absolute Gasteiger partial charge is 0.220 e. The summed E-state index contributed by atoms with van der Waals surface area (Å²) in [5.41, 5.74) is 6.71. The number of carbonyl (C=O) groups is 1. The second-order valence-electron chi connectivity index (χ2n) is 3.81. The summed E-state index contributed by atoms with van der Waals surface area (Å²) in [6.07, 6.45) is 0.404. The molecule has 0 saturated carbocycles. The quantitative estimate of drug-likeness (QED) is 0.822. The normalized spacial score (nSPS) is 12.3. The summed E-state index contributed by atoms with van der Waals surface area (Å²) in [7, 11) is 1.50. The number of amides is 1. The first-order valence-electron chi connectivity index (χ1n) is 5.38. The molecule has 0 aromatic carbocycles. The molecule has 2 aromatic heterocycles. The zero-order valence-electron chi connectivity index (χ0n) is 9.83. The van der Waals surface area contributed by atoms with E-state index in [4.69, 9.17) is 10.5 Å². The number of pyridine rings is 2. The van der Waals surface area contributed by atoms with E-state index in [-0.39, 0.29) is 6.42 Å². The first-order valence-corrected chi connectivity index (χ1v) is 5.38. The highest BCUT2D eigenvalue weighted by molar-refractivity contribution is 5.80. The Morgan fingerprint density at radius 1 is 1.50 bits per heavy atom. The number of hydrogen-bond acceptors (Lipinski definition) is 5. The van der Waals surface area contributed by atoms with Gasteiger partial charge < -0.3 is 15.6 Å². The molecule has 18 heavy (non-hydrogen) atoms. The molecule has 1 atom stereocenters. The topological polar surface area (TPSA) is 98.3 Å². The van der Waals surface area contributed by atoms with Gasteiger partial charge in [0.2, 0.25) is 11.8 Å². The standard InChI is InChI=1S/C12H13N3O3/c1-18-11-3-2-8-12(15-11)7(4-5-14-8)9(16)6-10(13)17/h2-5,9,16H,6H2,1H3,(H2,13,17). The fourth-order valence-electron chi connectivity index (χ4n) is 1.71. The van der Waals surface area contributed by atoms with Crippen molar-refractivity contribution in [1.82, 2.24) is 9.97 Å². The third-order valence-corrected chi connectivity index (χ3v) is 2.55. The minimum Gasteiger partial charge on any atom is -0.481 e. The fraction of sp³-hybridized carbons (Fsp3) is 0.250. The van der Waals surface area contributed by atoms with Gasteiger partial charge in [0.1, 0.15) is 0 Å². The van der Waals surface area contributed by atoms with E-state index in [0.717, 1.165) is 0 Å². The van der Waals surface area contributed by atoms with Crippen LogP contribution in [0, 0.1) is 0 Å². The Morgan fingerprint density at radius 2 is 2.28 bits per heavy atom. The van der Waals surface area contributed by atoms with Crippen molar-refractivity contribution >= 4 is 16.9 Å². The van der Waals surface area contributed by atoms with Crippen LogP contribution in [0.1, 0.15) is 18.1 Å². The number of nitrogens with two attached hydrogens (primary N) is 1. The van der Waals surface area contributed by atoms with Crippen molar-refractivity contribution in [3.05, 3.63) is 30.0 Å². The van der Waals surface area contributed by atoms with Crippen LogP contribution in [-0.2, 0) is 4.79 Å². The Kier molecular flexibility index (Phi) is 3.38. The molecule has 0 aliphatic heterocycles. The molecule has 0 aliphatic rings. The average molecular weight is 247 g/mol. The lowest BCUT2D eigenvalue weighted by molar-refractivity contribution is -0.119. The molecule has 0 spiro atoms. The molecule has 0 fully saturated rings. The minimum atomic E-state index is -0.993. The van der Waals surface area contributed by atoms with Crippen LogP contribution < -0.4 is 10.5 Å². The van der Waals surface area contributed by atoms with Gasteiger partial charge in [0.25, 0.3) is 0 Å². The van der Waals surface area contributed by atoms with Crippen LogP contribution in [0.25, 0.3) is 11.0 Å². The van der Waals surface area contributed by atoms with Crippen LogP contribution >= 0.6 is 0 Å². The third-order valence-electron chi connectivity index (χ3n) is 2.55. The number of carbonyl (C=O) groups excluding carboxylic acids is 1. The number of rotatable bonds is 4.